The van der Waals surface area contributed by atoms with Crippen molar-refractivity contribution in [2.24, 2.45) is 0 Å². The van der Waals surface area contributed by atoms with E-state index in [9.17, 15) is 0 Å². The second-order valence-corrected chi connectivity index (χ2v) is 3.47. The minimum absolute atomic E-state index is 0.798. The predicted molar refractivity (Wildman–Crippen MR) is 57.8 cm³/mol. The number of unbranched alkanes of at least 4 members (excludes halogenated alkanes) is 2. The molecule has 68 valence electrons. The molecule has 1 aromatic carbocycles. The molecule has 0 aliphatic rings. The van der Waals surface area contributed by atoms with Gasteiger partial charge in [-0.05, 0) is 37.0 Å². The molecule has 0 saturated carbocycles. The molecule has 1 heteroatoms. The van der Waals surface area contributed by atoms with Gasteiger partial charge >= 0.3 is 0 Å². The number of halogens is 1. The average Bonchev–Trinajstić information content (AvgIpc) is 2.15. The highest BCUT2D eigenvalue weighted by Gasteiger charge is 1.92. The molecule has 0 saturated heterocycles. The monoisotopic (exact) mass is 192 g/mol. The predicted octanol–water partition coefficient (Wildman–Crippen LogP) is 3.69. The van der Waals surface area contributed by atoms with Gasteiger partial charge in [0.25, 0.3) is 0 Å². The molecule has 0 aromatic heterocycles. The number of hydrogen-bond donors (Lipinski definition) is 0. The molecule has 0 heterocycles. The molecular weight excluding hydrogens is 180 g/mol. The van der Waals surface area contributed by atoms with Crippen molar-refractivity contribution in [1.29, 1.82) is 0 Å². The molecule has 0 unspecified atom stereocenters. The Bertz CT molecular complexity index is 279. The van der Waals surface area contributed by atoms with Crippen molar-refractivity contribution >= 4 is 11.6 Å². The molecule has 0 aliphatic carbocycles. The third-order valence-electron chi connectivity index (χ3n) is 1.95. The summed E-state index contributed by atoms with van der Waals surface area (Å²) >= 11 is 5.77. The van der Waals surface area contributed by atoms with Gasteiger partial charge in [0.1, 0.15) is 0 Å². The van der Waals surface area contributed by atoms with Crippen molar-refractivity contribution < 1.29 is 0 Å². The molecule has 0 aliphatic heterocycles. The highest BCUT2D eigenvalue weighted by atomic mass is 35.5. The van der Waals surface area contributed by atoms with Crippen LogP contribution in [0.25, 0.3) is 0 Å². The maximum atomic E-state index is 5.77. The molecule has 0 atom stereocenters. The summed E-state index contributed by atoms with van der Waals surface area (Å²) < 4.78 is 0. The van der Waals surface area contributed by atoms with E-state index in [-0.39, 0.29) is 0 Å². The number of hydrogen-bond acceptors (Lipinski definition) is 0. The minimum Gasteiger partial charge on any atom is -0.120 e. The summed E-state index contributed by atoms with van der Waals surface area (Å²) in [5.74, 6) is 2.64. The number of benzene rings is 1. The van der Waals surface area contributed by atoms with Gasteiger partial charge in [0, 0.05) is 11.4 Å². The van der Waals surface area contributed by atoms with Gasteiger partial charge in [0.2, 0.25) is 0 Å². The van der Waals surface area contributed by atoms with Gasteiger partial charge in [0.05, 0.1) is 0 Å². The van der Waals surface area contributed by atoms with E-state index in [2.05, 4.69) is 18.1 Å². The Hall–Kier alpha value is -0.930. The standard InChI is InChI=1S/C12H13Cl/c1-2-3-4-5-6-11-7-9-12(13)10-8-11/h1,7-10H,3-6H2. The first-order valence-electron chi connectivity index (χ1n) is 4.51. The molecule has 0 nitrogen and oxygen atoms in total. The van der Waals surface area contributed by atoms with Gasteiger partial charge in [-0.2, -0.15) is 0 Å². The number of rotatable bonds is 4. The summed E-state index contributed by atoms with van der Waals surface area (Å²) in [4.78, 5) is 0. The lowest BCUT2D eigenvalue weighted by Gasteiger charge is -1.99. The molecule has 0 fully saturated rings. The first-order valence-corrected chi connectivity index (χ1v) is 4.88. The van der Waals surface area contributed by atoms with Crippen molar-refractivity contribution in [3.05, 3.63) is 34.9 Å². The summed E-state index contributed by atoms with van der Waals surface area (Å²) in [7, 11) is 0. The highest BCUT2D eigenvalue weighted by molar-refractivity contribution is 6.30. The lowest BCUT2D eigenvalue weighted by Crippen LogP contribution is -1.84. The summed E-state index contributed by atoms with van der Waals surface area (Å²) in [5.41, 5.74) is 1.33. The molecule has 0 spiro atoms. The zero-order valence-electron chi connectivity index (χ0n) is 7.59. The fourth-order valence-corrected chi connectivity index (χ4v) is 1.33. The largest absolute Gasteiger partial charge is 0.120 e. The van der Waals surface area contributed by atoms with Gasteiger partial charge in [-0.25, -0.2) is 0 Å². The van der Waals surface area contributed by atoms with E-state index in [1.54, 1.807) is 0 Å². The van der Waals surface area contributed by atoms with Crippen LogP contribution in [-0.4, -0.2) is 0 Å². The Morgan fingerprint density at radius 1 is 1.15 bits per heavy atom. The molecular formula is C12H13Cl. The Morgan fingerprint density at radius 2 is 1.85 bits per heavy atom. The smallest absolute Gasteiger partial charge is 0.0406 e. The van der Waals surface area contributed by atoms with E-state index in [0.717, 1.165) is 30.7 Å². The Kier molecular flexibility index (Phi) is 4.43. The second kappa shape index (κ2) is 5.67. The van der Waals surface area contributed by atoms with Crippen LogP contribution in [0.1, 0.15) is 24.8 Å². The molecule has 0 bridgehead atoms. The molecule has 0 radical (unpaired) electrons. The van der Waals surface area contributed by atoms with Crippen molar-refractivity contribution in [1.82, 2.24) is 0 Å². The van der Waals surface area contributed by atoms with Crippen molar-refractivity contribution in [2.45, 2.75) is 25.7 Å². The molecule has 13 heavy (non-hydrogen) atoms. The van der Waals surface area contributed by atoms with Crippen LogP contribution in [0.2, 0.25) is 5.02 Å². The maximum absolute atomic E-state index is 5.77. The van der Waals surface area contributed by atoms with Crippen LogP contribution in [0.3, 0.4) is 0 Å². The van der Waals surface area contributed by atoms with E-state index in [1.165, 1.54) is 5.56 Å². The number of terminal acetylenes is 1. The second-order valence-electron chi connectivity index (χ2n) is 3.04. The van der Waals surface area contributed by atoms with Crippen molar-refractivity contribution in [3.8, 4) is 12.3 Å². The molecule has 0 N–H and O–H groups in total. The lowest BCUT2D eigenvalue weighted by molar-refractivity contribution is 0.757. The van der Waals surface area contributed by atoms with E-state index in [0.29, 0.717) is 0 Å². The lowest BCUT2D eigenvalue weighted by atomic mass is 10.1. The third kappa shape index (κ3) is 4.01. The van der Waals surface area contributed by atoms with E-state index >= 15 is 0 Å². The fraction of sp³-hybridized carbons (Fsp3) is 0.333. The van der Waals surface area contributed by atoms with Crippen LogP contribution < -0.4 is 0 Å². The first kappa shape index (κ1) is 10.2. The van der Waals surface area contributed by atoms with Crippen molar-refractivity contribution in [2.75, 3.05) is 0 Å². The quantitative estimate of drug-likeness (QED) is 0.504. The van der Waals surface area contributed by atoms with Crippen LogP contribution in [-0.2, 0) is 6.42 Å². The van der Waals surface area contributed by atoms with E-state index in [4.69, 9.17) is 18.0 Å². The van der Waals surface area contributed by atoms with Crippen LogP contribution in [0.4, 0.5) is 0 Å². The maximum Gasteiger partial charge on any atom is 0.0406 e. The van der Waals surface area contributed by atoms with Crippen LogP contribution in [0.15, 0.2) is 24.3 Å². The van der Waals surface area contributed by atoms with Gasteiger partial charge in [-0.1, -0.05) is 23.7 Å². The van der Waals surface area contributed by atoms with Crippen LogP contribution in [0, 0.1) is 12.3 Å². The topological polar surface area (TPSA) is 0 Å². The van der Waals surface area contributed by atoms with Gasteiger partial charge in [-0.3, -0.25) is 0 Å². The van der Waals surface area contributed by atoms with Crippen LogP contribution in [0.5, 0.6) is 0 Å². The Labute approximate surface area is 84.9 Å². The zero-order valence-corrected chi connectivity index (χ0v) is 8.35. The van der Waals surface area contributed by atoms with E-state index in [1.807, 2.05) is 12.1 Å². The minimum atomic E-state index is 0.798. The van der Waals surface area contributed by atoms with Gasteiger partial charge in [-0.15, -0.1) is 12.3 Å². The highest BCUT2D eigenvalue weighted by Crippen LogP contribution is 2.11. The zero-order chi connectivity index (χ0) is 9.52. The summed E-state index contributed by atoms with van der Waals surface area (Å²) in [6.07, 6.45) is 9.41. The summed E-state index contributed by atoms with van der Waals surface area (Å²) in [6, 6.07) is 7.99. The van der Waals surface area contributed by atoms with Gasteiger partial charge < -0.3 is 0 Å². The average molecular weight is 193 g/mol. The molecule has 0 amide bonds. The normalized spacial score (nSPS) is 9.54. The number of aryl methyl sites for hydroxylation is 1. The Balaban J connectivity index is 2.30. The molecule has 1 aromatic rings. The summed E-state index contributed by atoms with van der Waals surface area (Å²) in [6.45, 7) is 0. The fourth-order valence-electron chi connectivity index (χ4n) is 1.21. The van der Waals surface area contributed by atoms with E-state index < -0.39 is 0 Å². The van der Waals surface area contributed by atoms with Gasteiger partial charge in [0.15, 0.2) is 0 Å². The third-order valence-corrected chi connectivity index (χ3v) is 2.20. The van der Waals surface area contributed by atoms with Crippen LogP contribution >= 0.6 is 11.6 Å². The summed E-state index contributed by atoms with van der Waals surface area (Å²) in [5, 5.41) is 0.798. The first-order chi connectivity index (χ1) is 6.33. The Morgan fingerprint density at radius 3 is 2.46 bits per heavy atom. The van der Waals surface area contributed by atoms with Crippen molar-refractivity contribution in [3.63, 3.8) is 0 Å². The SMILES string of the molecule is C#CCCCCc1ccc(Cl)cc1. The molecule has 1 rings (SSSR count).